The number of halogens is 1. The maximum absolute atomic E-state index is 14.4. The molecule has 0 saturated heterocycles. The number of hydrogen-bond acceptors (Lipinski definition) is 1. The zero-order valence-electron chi connectivity index (χ0n) is 14.5. The summed E-state index contributed by atoms with van der Waals surface area (Å²) in [5.74, 6) is 1.50. The Labute approximate surface area is 144 Å². The Bertz CT molecular complexity index is 630. The minimum absolute atomic E-state index is 0.237. The van der Waals surface area contributed by atoms with Crippen LogP contribution < -0.4 is 4.74 Å². The zero-order valence-corrected chi connectivity index (χ0v) is 14.5. The lowest BCUT2D eigenvalue weighted by molar-refractivity contribution is 0.288. The summed E-state index contributed by atoms with van der Waals surface area (Å²) in [7, 11) is 0. The molecule has 2 heteroatoms. The van der Waals surface area contributed by atoms with Gasteiger partial charge < -0.3 is 4.74 Å². The average molecular weight is 326 g/mol. The molecule has 0 amide bonds. The Morgan fingerprint density at radius 1 is 1.00 bits per heavy atom. The van der Waals surface area contributed by atoms with Gasteiger partial charge in [0.15, 0.2) is 11.6 Å². The van der Waals surface area contributed by atoms with Crippen molar-refractivity contribution in [3.63, 3.8) is 0 Å². The van der Waals surface area contributed by atoms with Crippen molar-refractivity contribution in [2.45, 2.75) is 58.0 Å². The SMILES string of the molecule is CCCC1CCC(c2ccc(OCc3ccccc3)c(F)c2)CC1. The van der Waals surface area contributed by atoms with Crippen molar-refractivity contribution in [1.29, 1.82) is 0 Å². The second-order valence-electron chi connectivity index (χ2n) is 6.97. The van der Waals surface area contributed by atoms with Crippen molar-refractivity contribution >= 4 is 0 Å². The fourth-order valence-corrected chi connectivity index (χ4v) is 3.82. The van der Waals surface area contributed by atoms with Crippen molar-refractivity contribution in [2.24, 2.45) is 5.92 Å². The summed E-state index contributed by atoms with van der Waals surface area (Å²) in [6.45, 7) is 2.66. The highest BCUT2D eigenvalue weighted by atomic mass is 19.1. The first kappa shape index (κ1) is 17.0. The van der Waals surface area contributed by atoms with Gasteiger partial charge >= 0.3 is 0 Å². The predicted octanol–water partition coefficient (Wildman–Crippen LogP) is 6.48. The first-order chi connectivity index (χ1) is 11.8. The van der Waals surface area contributed by atoms with Gasteiger partial charge in [-0.2, -0.15) is 0 Å². The topological polar surface area (TPSA) is 9.23 Å². The monoisotopic (exact) mass is 326 g/mol. The molecule has 0 unspecified atom stereocenters. The molecule has 24 heavy (non-hydrogen) atoms. The van der Waals surface area contributed by atoms with E-state index >= 15 is 0 Å². The van der Waals surface area contributed by atoms with E-state index < -0.39 is 0 Å². The molecule has 2 aromatic carbocycles. The lowest BCUT2D eigenvalue weighted by atomic mass is 9.77. The van der Waals surface area contributed by atoms with E-state index in [1.165, 1.54) is 38.5 Å². The van der Waals surface area contributed by atoms with E-state index in [1.807, 2.05) is 36.4 Å². The molecule has 0 aromatic heterocycles. The first-order valence-corrected chi connectivity index (χ1v) is 9.22. The van der Waals surface area contributed by atoms with Crippen LogP contribution >= 0.6 is 0 Å². The minimum Gasteiger partial charge on any atom is -0.486 e. The van der Waals surface area contributed by atoms with Gasteiger partial charge in [0.25, 0.3) is 0 Å². The van der Waals surface area contributed by atoms with Crippen LogP contribution in [0.1, 0.15) is 62.5 Å². The molecule has 0 atom stereocenters. The van der Waals surface area contributed by atoms with Crippen LogP contribution in [0.5, 0.6) is 5.75 Å². The first-order valence-electron chi connectivity index (χ1n) is 9.22. The predicted molar refractivity (Wildman–Crippen MR) is 96.8 cm³/mol. The van der Waals surface area contributed by atoms with Crippen molar-refractivity contribution in [3.8, 4) is 5.75 Å². The molecule has 1 nitrogen and oxygen atoms in total. The van der Waals surface area contributed by atoms with Crippen molar-refractivity contribution in [3.05, 3.63) is 65.5 Å². The van der Waals surface area contributed by atoms with Crippen LogP contribution in [-0.4, -0.2) is 0 Å². The lowest BCUT2D eigenvalue weighted by Gasteiger charge is -2.28. The highest BCUT2D eigenvalue weighted by molar-refractivity contribution is 5.32. The van der Waals surface area contributed by atoms with E-state index in [0.717, 1.165) is 17.0 Å². The average Bonchev–Trinajstić information content (AvgIpc) is 2.62. The fourth-order valence-electron chi connectivity index (χ4n) is 3.82. The summed E-state index contributed by atoms with van der Waals surface area (Å²) >= 11 is 0. The molecule has 1 fully saturated rings. The third-order valence-corrected chi connectivity index (χ3v) is 5.21. The molecule has 128 valence electrons. The van der Waals surface area contributed by atoms with E-state index in [4.69, 9.17) is 4.74 Å². The van der Waals surface area contributed by atoms with Crippen LogP contribution in [0.4, 0.5) is 4.39 Å². The van der Waals surface area contributed by atoms with Crippen LogP contribution in [0.25, 0.3) is 0 Å². The van der Waals surface area contributed by atoms with Crippen LogP contribution in [-0.2, 0) is 6.61 Å². The van der Waals surface area contributed by atoms with E-state index in [-0.39, 0.29) is 5.82 Å². The van der Waals surface area contributed by atoms with Gasteiger partial charge in [-0.05, 0) is 60.8 Å². The van der Waals surface area contributed by atoms with Gasteiger partial charge in [0, 0.05) is 0 Å². The van der Waals surface area contributed by atoms with Gasteiger partial charge in [0.2, 0.25) is 0 Å². The summed E-state index contributed by atoms with van der Waals surface area (Å²) in [4.78, 5) is 0. The summed E-state index contributed by atoms with van der Waals surface area (Å²) < 4.78 is 20.0. The third kappa shape index (κ3) is 4.37. The van der Waals surface area contributed by atoms with Gasteiger partial charge in [-0.15, -0.1) is 0 Å². The van der Waals surface area contributed by atoms with E-state index in [9.17, 15) is 4.39 Å². The molecule has 1 aliphatic rings. The second-order valence-corrected chi connectivity index (χ2v) is 6.97. The van der Waals surface area contributed by atoms with Gasteiger partial charge in [0.1, 0.15) is 6.61 Å². The molecule has 0 bridgehead atoms. The fraction of sp³-hybridized carbons (Fsp3) is 0.455. The van der Waals surface area contributed by atoms with Gasteiger partial charge in [-0.25, -0.2) is 4.39 Å². The molecule has 1 aliphatic carbocycles. The molecule has 0 N–H and O–H groups in total. The smallest absolute Gasteiger partial charge is 0.165 e. The Hall–Kier alpha value is -1.83. The lowest BCUT2D eigenvalue weighted by Crippen LogP contribution is -2.13. The molecule has 0 radical (unpaired) electrons. The Kier molecular flexibility index (Phi) is 5.90. The van der Waals surface area contributed by atoms with E-state index in [0.29, 0.717) is 18.3 Å². The minimum atomic E-state index is -0.237. The van der Waals surface area contributed by atoms with Gasteiger partial charge in [-0.3, -0.25) is 0 Å². The van der Waals surface area contributed by atoms with Crippen molar-refractivity contribution in [1.82, 2.24) is 0 Å². The normalized spacial score (nSPS) is 20.8. The molecule has 0 aliphatic heterocycles. The molecule has 0 heterocycles. The summed E-state index contributed by atoms with van der Waals surface area (Å²) in [6, 6.07) is 15.4. The largest absolute Gasteiger partial charge is 0.486 e. The quantitative estimate of drug-likeness (QED) is 0.590. The summed E-state index contributed by atoms with van der Waals surface area (Å²) in [6.07, 6.45) is 7.56. The Balaban J connectivity index is 1.58. The number of benzene rings is 2. The molecule has 1 saturated carbocycles. The maximum atomic E-state index is 14.4. The Morgan fingerprint density at radius 3 is 2.42 bits per heavy atom. The standard InChI is InChI=1S/C22H27FO/c1-2-6-17-9-11-19(12-10-17)20-13-14-22(21(23)15-20)24-16-18-7-4-3-5-8-18/h3-5,7-8,13-15,17,19H,2,6,9-12,16H2,1H3. The van der Waals surface area contributed by atoms with E-state index in [2.05, 4.69) is 6.92 Å². The van der Waals surface area contributed by atoms with Gasteiger partial charge in [0.05, 0.1) is 0 Å². The molecule has 3 rings (SSSR count). The van der Waals surface area contributed by atoms with Crippen molar-refractivity contribution in [2.75, 3.05) is 0 Å². The number of hydrogen-bond donors (Lipinski definition) is 0. The molecular formula is C22H27FO. The summed E-state index contributed by atoms with van der Waals surface area (Å²) in [5.41, 5.74) is 2.18. The number of rotatable bonds is 6. The molecule has 0 spiro atoms. The van der Waals surface area contributed by atoms with E-state index in [1.54, 1.807) is 12.1 Å². The highest BCUT2D eigenvalue weighted by Gasteiger charge is 2.22. The molecule has 2 aromatic rings. The van der Waals surface area contributed by atoms with Crippen LogP contribution in [0.2, 0.25) is 0 Å². The highest BCUT2D eigenvalue weighted by Crippen LogP contribution is 2.38. The zero-order chi connectivity index (χ0) is 16.8. The van der Waals surface area contributed by atoms with Crippen LogP contribution in [0.15, 0.2) is 48.5 Å². The Morgan fingerprint density at radius 2 is 1.75 bits per heavy atom. The summed E-state index contributed by atoms with van der Waals surface area (Å²) in [5, 5.41) is 0. The van der Waals surface area contributed by atoms with Crippen LogP contribution in [0, 0.1) is 11.7 Å². The van der Waals surface area contributed by atoms with Gasteiger partial charge in [-0.1, -0.05) is 56.2 Å². The second kappa shape index (κ2) is 8.32. The molecular weight excluding hydrogens is 299 g/mol. The van der Waals surface area contributed by atoms with Crippen LogP contribution in [0.3, 0.4) is 0 Å². The third-order valence-electron chi connectivity index (χ3n) is 5.21. The van der Waals surface area contributed by atoms with Crippen molar-refractivity contribution < 1.29 is 9.13 Å². The maximum Gasteiger partial charge on any atom is 0.165 e. The number of ether oxygens (including phenoxy) is 1.